The van der Waals surface area contributed by atoms with Gasteiger partial charge >= 0.3 is 0 Å². The van der Waals surface area contributed by atoms with E-state index in [4.69, 9.17) is 4.52 Å². The molecule has 0 aromatic carbocycles. The molecule has 0 radical (unpaired) electrons. The number of nitrogens with zero attached hydrogens (tertiary/aromatic N) is 3. The third-order valence-electron chi connectivity index (χ3n) is 3.45. The monoisotopic (exact) mass is 274 g/mol. The lowest BCUT2D eigenvalue weighted by atomic mass is 9.99. The highest BCUT2D eigenvalue weighted by Gasteiger charge is 2.22. The molecule has 0 saturated heterocycles. The Morgan fingerprint density at radius 1 is 1.35 bits per heavy atom. The minimum atomic E-state index is 0.199. The Morgan fingerprint density at radius 3 is 2.85 bits per heavy atom. The summed E-state index contributed by atoms with van der Waals surface area (Å²) in [6.07, 6.45) is 5.63. The Kier molecular flexibility index (Phi) is 5.24. The zero-order valence-electron chi connectivity index (χ0n) is 12.3. The summed E-state index contributed by atoms with van der Waals surface area (Å²) in [7, 11) is 0. The van der Waals surface area contributed by atoms with Crippen LogP contribution in [0.2, 0.25) is 0 Å². The van der Waals surface area contributed by atoms with Gasteiger partial charge < -0.3 is 9.84 Å². The molecule has 5 nitrogen and oxygen atoms in total. The van der Waals surface area contributed by atoms with Crippen LogP contribution in [-0.2, 0) is 0 Å². The van der Waals surface area contributed by atoms with Crippen LogP contribution in [0.15, 0.2) is 29.0 Å². The summed E-state index contributed by atoms with van der Waals surface area (Å²) in [5, 5.41) is 7.58. The van der Waals surface area contributed by atoms with Gasteiger partial charge in [0.2, 0.25) is 11.7 Å². The fraction of sp³-hybridized carbons (Fsp3) is 0.533. The highest BCUT2D eigenvalue weighted by atomic mass is 16.5. The molecule has 2 aromatic heterocycles. The van der Waals surface area contributed by atoms with Gasteiger partial charge in [0.1, 0.15) is 0 Å². The van der Waals surface area contributed by atoms with Crippen LogP contribution >= 0.6 is 0 Å². The van der Waals surface area contributed by atoms with Crippen molar-refractivity contribution in [1.82, 2.24) is 20.4 Å². The van der Waals surface area contributed by atoms with Crippen LogP contribution in [0.3, 0.4) is 0 Å². The number of hydrogen-bond acceptors (Lipinski definition) is 5. The van der Waals surface area contributed by atoms with Crippen molar-refractivity contribution in [3.8, 4) is 11.4 Å². The van der Waals surface area contributed by atoms with Crippen molar-refractivity contribution in [3.63, 3.8) is 0 Å². The molecule has 0 saturated carbocycles. The van der Waals surface area contributed by atoms with Crippen LogP contribution in [-0.4, -0.2) is 27.7 Å². The van der Waals surface area contributed by atoms with Crippen LogP contribution in [0.1, 0.15) is 45.4 Å². The van der Waals surface area contributed by atoms with Gasteiger partial charge in [0, 0.05) is 24.0 Å². The molecule has 0 fully saturated rings. The molecule has 2 rings (SSSR count). The minimum absolute atomic E-state index is 0.199. The molecule has 0 aliphatic rings. The van der Waals surface area contributed by atoms with E-state index in [9.17, 15) is 0 Å². The predicted molar refractivity (Wildman–Crippen MR) is 78.3 cm³/mol. The first-order chi connectivity index (χ1) is 9.76. The molecule has 1 N–H and O–H groups in total. The molecule has 0 spiro atoms. The standard InChI is InChI=1S/C15H22N4O/c1-4-8-17-13(5-2)11(3)15-18-14(19-20-15)12-7-6-9-16-10-12/h6-7,9-11,13,17H,4-5,8H2,1-3H3. The van der Waals surface area contributed by atoms with E-state index >= 15 is 0 Å². The third kappa shape index (κ3) is 3.42. The van der Waals surface area contributed by atoms with Gasteiger partial charge in [-0.15, -0.1) is 0 Å². The van der Waals surface area contributed by atoms with Crippen molar-refractivity contribution in [2.45, 2.75) is 45.6 Å². The van der Waals surface area contributed by atoms with E-state index in [1.807, 2.05) is 12.1 Å². The Morgan fingerprint density at radius 2 is 2.20 bits per heavy atom. The summed E-state index contributed by atoms with van der Waals surface area (Å²) in [5.74, 6) is 1.48. The van der Waals surface area contributed by atoms with E-state index in [1.54, 1.807) is 12.4 Å². The quantitative estimate of drug-likeness (QED) is 0.840. The van der Waals surface area contributed by atoms with Crippen LogP contribution in [0.4, 0.5) is 0 Å². The first-order valence-corrected chi connectivity index (χ1v) is 7.23. The van der Waals surface area contributed by atoms with Crippen LogP contribution in [0.5, 0.6) is 0 Å². The van der Waals surface area contributed by atoms with Gasteiger partial charge in [-0.25, -0.2) is 0 Å². The van der Waals surface area contributed by atoms with Gasteiger partial charge in [-0.3, -0.25) is 4.98 Å². The smallest absolute Gasteiger partial charge is 0.231 e. The summed E-state index contributed by atoms with van der Waals surface area (Å²) < 4.78 is 5.41. The molecule has 2 heterocycles. The molecule has 2 aromatic rings. The van der Waals surface area contributed by atoms with E-state index in [0.717, 1.165) is 24.9 Å². The maximum absolute atomic E-state index is 5.41. The molecule has 0 aliphatic carbocycles. The van der Waals surface area contributed by atoms with Gasteiger partial charge in [-0.05, 0) is 31.5 Å². The number of nitrogens with one attached hydrogen (secondary N) is 1. The molecule has 108 valence electrons. The molecule has 20 heavy (non-hydrogen) atoms. The average Bonchev–Trinajstić information content (AvgIpc) is 2.98. The Balaban J connectivity index is 2.11. The van der Waals surface area contributed by atoms with Crippen molar-refractivity contribution in [2.75, 3.05) is 6.54 Å². The zero-order chi connectivity index (χ0) is 14.4. The maximum Gasteiger partial charge on any atom is 0.231 e. The van der Waals surface area contributed by atoms with Gasteiger partial charge in [0.15, 0.2) is 0 Å². The topological polar surface area (TPSA) is 63.8 Å². The molecule has 2 atom stereocenters. The molecule has 0 aliphatic heterocycles. The van der Waals surface area contributed by atoms with Crippen molar-refractivity contribution < 1.29 is 4.52 Å². The van der Waals surface area contributed by atoms with Gasteiger partial charge in [0.25, 0.3) is 0 Å². The van der Waals surface area contributed by atoms with Gasteiger partial charge in [-0.1, -0.05) is 25.9 Å². The predicted octanol–water partition coefficient (Wildman–Crippen LogP) is 3.01. The van der Waals surface area contributed by atoms with Gasteiger partial charge in [-0.2, -0.15) is 4.98 Å². The van der Waals surface area contributed by atoms with Gasteiger partial charge in [0.05, 0.1) is 5.92 Å². The first-order valence-electron chi connectivity index (χ1n) is 7.23. The molecule has 0 bridgehead atoms. The normalized spacial score (nSPS) is 14.2. The van der Waals surface area contributed by atoms with Crippen molar-refractivity contribution >= 4 is 0 Å². The second-order valence-electron chi connectivity index (χ2n) is 4.96. The SMILES string of the molecule is CCCNC(CC)C(C)c1nc(-c2cccnc2)no1. The number of aromatic nitrogens is 3. The molecule has 0 amide bonds. The number of pyridine rings is 1. The maximum atomic E-state index is 5.41. The van der Waals surface area contributed by atoms with Crippen molar-refractivity contribution in [3.05, 3.63) is 30.4 Å². The number of hydrogen-bond donors (Lipinski definition) is 1. The lowest BCUT2D eigenvalue weighted by molar-refractivity contribution is 0.319. The van der Waals surface area contributed by atoms with Crippen LogP contribution in [0, 0.1) is 0 Å². The first kappa shape index (κ1) is 14.7. The summed E-state index contributed by atoms with van der Waals surface area (Å²) in [6, 6.07) is 4.16. The van der Waals surface area contributed by atoms with Crippen molar-refractivity contribution in [1.29, 1.82) is 0 Å². The Hall–Kier alpha value is -1.75. The van der Waals surface area contributed by atoms with E-state index in [1.165, 1.54) is 0 Å². The molecule has 5 heteroatoms. The highest BCUT2D eigenvalue weighted by molar-refractivity contribution is 5.51. The molecular formula is C15H22N4O. The largest absolute Gasteiger partial charge is 0.339 e. The van der Waals surface area contributed by atoms with Crippen LogP contribution in [0.25, 0.3) is 11.4 Å². The zero-order valence-corrected chi connectivity index (χ0v) is 12.3. The summed E-state index contributed by atoms with van der Waals surface area (Å²) in [5.41, 5.74) is 0.879. The second kappa shape index (κ2) is 7.14. The van der Waals surface area contributed by atoms with E-state index < -0.39 is 0 Å². The summed E-state index contributed by atoms with van der Waals surface area (Å²) in [4.78, 5) is 8.57. The lowest BCUT2D eigenvalue weighted by Crippen LogP contribution is -2.33. The minimum Gasteiger partial charge on any atom is -0.339 e. The number of rotatable bonds is 7. The fourth-order valence-corrected chi connectivity index (χ4v) is 2.21. The lowest BCUT2D eigenvalue weighted by Gasteiger charge is -2.20. The van der Waals surface area contributed by atoms with E-state index in [0.29, 0.717) is 17.8 Å². The van der Waals surface area contributed by atoms with E-state index in [-0.39, 0.29) is 5.92 Å². The summed E-state index contributed by atoms with van der Waals surface area (Å²) >= 11 is 0. The Labute approximate surface area is 119 Å². The highest BCUT2D eigenvalue weighted by Crippen LogP contribution is 2.22. The van der Waals surface area contributed by atoms with Crippen molar-refractivity contribution in [2.24, 2.45) is 0 Å². The average molecular weight is 274 g/mol. The third-order valence-corrected chi connectivity index (χ3v) is 3.45. The van der Waals surface area contributed by atoms with E-state index in [2.05, 4.69) is 41.2 Å². The fourth-order valence-electron chi connectivity index (χ4n) is 2.21. The molecular weight excluding hydrogens is 252 g/mol. The second-order valence-corrected chi connectivity index (χ2v) is 4.96. The van der Waals surface area contributed by atoms with Crippen LogP contribution < -0.4 is 5.32 Å². The summed E-state index contributed by atoms with van der Waals surface area (Å²) in [6.45, 7) is 7.46. The molecule has 2 unspecified atom stereocenters. The Bertz CT molecular complexity index is 512.